The fraction of sp³-hybridized carbons (Fsp3) is 0.200. The molecule has 3 rings (SSSR count). The maximum absolute atomic E-state index is 5.44. The van der Waals surface area contributed by atoms with Gasteiger partial charge in [-0.1, -0.05) is 24.3 Å². The van der Waals surface area contributed by atoms with Crippen molar-refractivity contribution < 1.29 is 4.74 Å². The molecule has 1 heterocycles. The molecule has 0 aliphatic carbocycles. The van der Waals surface area contributed by atoms with Gasteiger partial charge in [-0.25, -0.2) is 4.98 Å². The second-order valence-electron chi connectivity index (χ2n) is 5.63. The van der Waals surface area contributed by atoms with Crippen molar-refractivity contribution in [2.75, 3.05) is 17.2 Å². The number of aryl methyl sites for hydroxylation is 1. The Morgan fingerprint density at radius 2 is 1.80 bits per heavy atom. The zero-order chi connectivity index (χ0) is 17.5. The van der Waals surface area contributed by atoms with Gasteiger partial charge in [-0.2, -0.15) is 4.98 Å². The molecule has 0 spiro atoms. The average molecular weight is 334 g/mol. The number of benzene rings is 2. The van der Waals surface area contributed by atoms with Gasteiger partial charge in [-0.3, -0.25) is 0 Å². The van der Waals surface area contributed by atoms with E-state index in [1.165, 1.54) is 11.1 Å². The van der Waals surface area contributed by atoms with Gasteiger partial charge in [0.2, 0.25) is 5.95 Å². The van der Waals surface area contributed by atoms with Crippen LogP contribution < -0.4 is 15.4 Å². The Morgan fingerprint density at radius 1 is 1.00 bits per heavy atom. The van der Waals surface area contributed by atoms with Crippen LogP contribution in [0.4, 0.5) is 17.5 Å². The number of ether oxygens (including phenoxy) is 1. The Balaban J connectivity index is 1.64. The number of rotatable bonds is 7. The van der Waals surface area contributed by atoms with Gasteiger partial charge in [0, 0.05) is 18.4 Å². The minimum absolute atomic E-state index is 0.555. The lowest BCUT2D eigenvalue weighted by Gasteiger charge is -2.10. The van der Waals surface area contributed by atoms with E-state index in [1.54, 1.807) is 6.20 Å². The number of hydrogen-bond donors (Lipinski definition) is 2. The highest BCUT2D eigenvalue weighted by Crippen LogP contribution is 2.19. The van der Waals surface area contributed by atoms with Crippen molar-refractivity contribution in [1.82, 2.24) is 9.97 Å². The van der Waals surface area contributed by atoms with Crippen LogP contribution in [0.5, 0.6) is 5.75 Å². The predicted molar refractivity (Wildman–Crippen MR) is 101 cm³/mol. The normalized spacial score (nSPS) is 10.3. The minimum atomic E-state index is 0.555. The van der Waals surface area contributed by atoms with E-state index in [0.717, 1.165) is 23.8 Å². The lowest BCUT2D eigenvalue weighted by atomic mass is 10.1. The molecule has 0 unspecified atom stereocenters. The van der Waals surface area contributed by atoms with Crippen LogP contribution in [0.2, 0.25) is 0 Å². The van der Waals surface area contributed by atoms with E-state index in [0.29, 0.717) is 12.6 Å². The molecule has 2 N–H and O–H groups in total. The van der Waals surface area contributed by atoms with E-state index in [1.807, 2.05) is 49.4 Å². The van der Waals surface area contributed by atoms with Crippen LogP contribution in [0, 0.1) is 6.92 Å². The molecule has 0 atom stereocenters. The molecular weight excluding hydrogens is 312 g/mol. The van der Waals surface area contributed by atoms with Crippen molar-refractivity contribution in [1.29, 1.82) is 0 Å². The first-order valence-corrected chi connectivity index (χ1v) is 8.36. The summed E-state index contributed by atoms with van der Waals surface area (Å²) in [5.74, 6) is 2.19. The monoisotopic (exact) mass is 334 g/mol. The van der Waals surface area contributed by atoms with Gasteiger partial charge < -0.3 is 15.4 Å². The van der Waals surface area contributed by atoms with Crippen molar-refractivity contribution >= 4 is 17.5 Å². The summed E-state index contributed by atoms with van der Waals surface area (Å²) >= 11 is 0. The van der Waals surface area contributed by atoms with Crippen LogP contribution in [0.25, 0.3) is 0 Å². The van der Waals surface area contributed by atoms with E-state index in [9.17, 15) is 0 Å². The molecule has 0 bridgehead atoms. The van der Waals surface area contributed by atoms with E-state index in [2.05, 4.69) is 39.7 Å². The molecule has 5 nitrogen and oxygen atoms in total. The SMILES string of the molecule is CCOc1ccc(Nc2nccc(NCc3ccccc3C)n2)cc1. The molecule has 0 saturated heterocycles. The van der Waals surface area contributed by atoms with Crippen LogP contribution in [0.15, 0.2) is 60.8 Å². The second kappa shape index (κ2) is 8.15. The molecule has 5 heteroatoms. The number of nitrogens with zero attached hydrogens (tertiary/aromatic N) is 2. The Bertz CT molecular complexity index is 818. The molecule has 25 heavy (non-hydrogen) atoms. The molecule has 1 aromatic heterocycles. The third-order valence-corrected chi connectivity index (χ3v) is 3.80. The van der Waals surface area contributed by atoms with E-state index in [4.69, 9.17) is 4.74 Å². The van der Waals surface area contributed by atoms with Gasteiger partial charge in [-0.15, -0.1) is 0 Å². The van der Waals surface area contributed by atoms with E-state index >= 15 is 0 Å². The van der Waals surface area contributed by atoms with Crippen LogP contribution >= 0.6 is 0 Å². The number of aromatic nitrogens is 2. The average Bonchev–Trinajstić information content (AvgIpc) is 2.63. The van der Waals surface area contributed by atoms with E-state index in [-0.39, 0.29) is 0 Å². The molecule has 0 radical (unpaired) electrons. The van der Waals surface area contributed by atoms with Gasteiger partial charge in [0.25, 0.3) is 0 Å². The lowest BCUT2D eigenvalue weighted by molar-refractivity contribution is 0.340. The molecule has 3 aromatic rings. The van der Waals surface area contributed by atoms with Gasteiger partial charge in [0.1, 0.15) is 11.6 Å². The second-order valence-corrected chi connectivity index (χ2v) is 5.63. The third-order valence-electron chi connectivity index (χ3n) is 3.80. The number of hydrogen-bond acceptors (Lipinski definition) is 5. The summed E-state index contributed by atoms with van der Waals surface area (Å²) in [5.41, 5.74) is 3.43. The lowest BCUT2D eigenvalue weighted by Crippen LogP contribution is -2.05. The summed E-state index contributed by atoms with van der Waals surface area (Å²) in [7, 11) is 0. The molecule has 0 saturated carbocycles. The standard InChI is InChI=1S/C20H22N4O/c1-3-25-18-10-8-17(9-11-18)23-20-21-13-12-19(24-20)22-14-16-7-5-4-6-15(16)2/h4-13H,3,14H2,1-2H3,(H2,21,22,23,24). The predicted octanol–water partition coefficient (Wildman–Crippen LogP) is 4.54. The summed E-state index contributed by atoms with van der Waals surface area (Å²) in [6, 6.07) is 17.9. The Labute approximate surface area is 148 Å². The van der Waals surface area contributed by atoms with Gasteiger partial charge in [0.15, 0.2) is 0 Å². The Morgan fingerprint density at radius 3 is 2.56 bits per heavy atom. The first-order valence-electron chi connectivity index (χ1n) is 8.36. The summed E-state index contributed by atoms with van der Waals surface area (Å²) in [6.45, 7) is 5.46. The fourth-order valence-electron chi connectivity index (χ4n) is 2.44. The molecule has 0 amide bonds. The van der Waals surface area contributed by atoms with Crippen LogP contribution in [-0.2, 0) is 6.54 Å². The van der Waals surface area contributed by atoms with Crippen molar-refractivity contribution in [3.05, 3.63) is 71.9 Å². The molecule has 0 fully saturated rings. The summed E-state index contributed by atoms with van der Waals surface area (Å²) < 4.78 is 5.44. The Hall–Kier alpha value is -3.08. The molecule has 2 aromatic carbocycles. The van der Waals surface area contributed by atoms with Crippen molar-refractivity contribution in [3.8, 4) is 5.75 Å². The van der Waals surface area contributed by atoms with E-state index < -0.39 is 0 Å². The maximum Gasteiger partial charge on any atom is 0.229 e. The van der Waals surface area contributed by atoms with Crippen LogP contribution in [0.1, 0.15) is 18.1 Å². The van der Waals surface area contributed by atoms with Crippen LogP contribution in [-0.4, -0.2) is 16.6 Å². The molecule has 128 valence electrons. The summed E-state index contributed by atoms with van der Waals surface area (Å²) in [4.78, 5) is 8.78. The first kappa shape index (κ1) is 16.8. The fourth-order valence-corrected chi connectivity index (χ4v) is 2.44. The third kappa shape index (κ3) is 4.70. The highest BCUT2D eigenvalue weighted by atomic mass is 16.5. The summed E-state index contributed by atoms with van der Waals surface area (Å²) in [6.07, 6.45) is 1.74. The van der Waals surface area contributed by atoms with Gasteiger partial charge in [-0.05, 0) is 55.3 Å². The van der Waals surface area contributed by atoms with Gasteiger partial charge in [0.05, 0.1) is 6.61 Å². The van der Waals surface area contributed by atoms with Crippen molar-refractivity contribution in [2.24, 2.45) is 0 Å². The molecular formula is C20H22N4O. The van der Waals surface area contributed by atoms with Gasteiger partial charge >= 0.3 is 0 Å². The first-order chi connectivity index (χ1) is 12.2. The minimum Gasteiger partial charge on any atom is -0.494 e. The summed E-state index contributed by atoms with van der Waals surface area (Å²) in [5, 5.41) is 6.55. The van der Waals surface area contributed by atoms with Crippen LogP contribution in [0.3, 0.4) is 0 Å². The highest BCUT2D eigenvalue weighted by Gasteiger charge is 2.02. The Kier molecular flexibility index (Phi) is 5.46. The number of anilines is 3. The smallest absolute Gasteiger partial charge is 0.229 e. The quantitative estimate of drug-likeness (QED) is 0.664. The molecule has 0 aliphatic rings. The largest absolute Gasteiger partial charge is 0.494 e. The van der Waals surface area contributed by atoms with Crippen molar-refractivity contribution in [2.45, 2.75) is 20.4 Å². The highest BCUT2D eigenvalue weighted by molar-refractivity contribution is 5.55. The number of nitrogens with one attached hydrogen (secondary N) is 2. The topological polar surface area (TPSA) is 59.1 Å². The maximum atomic E-state index is 5.44. The molecule has 0 aliphatic heterocycles. The zero-order valence-corrected chi connectivity index (χ0v) is 14.5. The van der Waals surface area contributed by atoms with Crippen molar-refractivity contribution in [3.63, 3.8) is 0 Å². The zero-order valence-electron chi connectivity index (χ0n) is 14.5.